The predicted octanol–water partition coefficient (Wildman–Crippen LogP) is 4.41. The monoisotopic (exact) mass is 347 g/mol. The van der Waals surface area contributed by atoms with Crippen molar-refractivity contribution >= 4 is 11.4 Å². The summed E-state index contributed by atoms with van der Waals surface area (Å²) in [5.41, 5.74) is 12.4. The molecule has 136 valence electrons. The molecule has 0 radical (unpaired) electrons. The lowest BCUT2D eigenvalue weighted by Gasteiger charge is -2.38. The number of fused-ring (bicyclic) bond motifs is 1. The number of nitrogen functional groups attached to an aromatic ring is 1. The van der Waals surface area contributed by atoms with Crippen molar-refractivity contribution in [1.82, 2.24) is 4.90 Å². The molecular weight excluding hydrogens is 318 g/mol. The second-order valence-electron chi connectivity index (χ2n) is 7.64. The minimum absolute atomic E-state index is 0.701. The van der Waals surface area contributed by atoms with Crippen molar-refractivity contribution in [3.05, 3.63) is 71.9 Å². The molecule has 1 saturated heterocycles. The molecule has 2 aromatic carbocycles. The maximum absolute atomic E-state index is 6.29. The summed E-state index contributed by atoms with van der Waals surface area (Å²) in [6.07, 6.45) is 4.75. The summed E-state index contributed by atoms with van der Waals surface area (Å²) in [4.78, 5) is 4.91. The van der Waals surface area contributed by atoms with Crippen molar-refractivity contribution in [2.75, 3.05) is 36.8 Å². The van der Waals surface area contributed by atoms with Crippen LogP contribution in [0.1, 0.15) is 36.3 Å². The van der Waals surface area contributed by atoms with Crippen LogP contribution in [-0.2, 0) is 6.42 Å². The van der Waals surface area contributed by atoms with Crippen LogP contribution in [0.15, 0.2) is 60.8 Å². The Morgan fingerprint density at radius 2 is 1.77 bits per heavy atom. The lowest BCUT2D eigenvalue weighted by atomic mass is 9.89. The summed E-state index contributed by atoms with van der Waals surface area (Å²) in [5, 5.41) is 0. The summed E-state index contributed by atoms with van der Waals surface area (Å²) in [6, 6.07) is 17.2. The topological polar surface area (TPSA) is 32.5 Å². The highest BCUT2D eigenvalue weighted by Gasteiger charge is 2.25. The maximum atomic E-state index is 6.29. The molecular formula is C23H29N3. The molecule has 3 heteroatoms. The Labute approximate surface area is 157 Å². The molecule has 0 atom stereocenters. The van der Waals surface area contributed by atoms with E-state index in [4.69, 9.17) is 5.73 Å². The van der Waals surface area contributed by atoms with Crippen LogP contribution < -0.4 is 10.6 Å². The number of aryl methyl sites for hydroxylation is 1. The van der Waals surface area contributed by atoms with E-state index >= 15 is 0 Å². The van der Waals surface area contributed by atoms with Gasteiger partial charge in [-0.2, -0.15) is 0 Å². The maximum Gasteiger partial charge on any atom is 0.0674 e. The third-order valence-electron chi connectivity index (χ3n) is 5.89. The Morgan fingerprint density at radius 1 is 1.00 bits per heavy atom. The lowest BCUT2D eigenvalue weighted by molar-refractivity contribution is 0.227. The van der Waals surface area contributed by atoms with Crippen molar-refractivity contribution in [3.63, 3.8) is 0 Å². The van der Waals surface area contributed by atoms with Crippen molar-refractivity contribution < 1.29 is 0 Å². The van der Waals surface area contributed by atoms with Gasteiger partial charge in [-0.05, 0) is 61.9 Å². The second kappa shape index (κ2) is 7.55. The minimum atomic E-state index is 0.701. The third-order valence-corrected chi connectivity index (χ3v) is 5.89. The smallest absolute Gasteiger partial charge is 0.0674 e. The van der Waals surface area contributed by atoms with Crippen LogP contribution in [0.25, 0.3) is 0 Å². The molecule has 2 aliphatic heterocycles. The van der Waals surface area contributed by atoms with E-state index in [-0.39, 0.29) is 0 Å². The molecule has 2 aliphatic rings. The van der Waals surface area contributed by atoms with Gasteiger partial charge in [0.05, 0.1) is 11.4 Å². The van der Waals surface area contributed by atoms with E-state index in [1.807, 2.05) is 6.07 Å². The lowest BCUT2D eigenvalue weighted by Crippen LogP contribution is -2.39. The molecule has 0 spiro atoms. The number of hydrogen-bond acceptors (Lipinski definition) is 3. The van der Waals surface area contributed by atoms with Gasteiger partial charge in [0.25, 0.3) is 0 Å². The number of nitrogens with two attached hydrogens (primary N) is 1. The van der Waals surface area contributed by atoms with E-state index in [2.05, 4.69) is 58.8 Å². The highest BCUT2D eigenvalue weighted by Crippen LogP contribution is 2.35. The number of benzene rings is 2. The zero-order valence-electron chi connectivity index (χ0n) is 15.5. The van der Waals surface area contributed by atoms with Crippen LogP contribution in [0.5, 0.6) is 0 Å². The molecule has 0 aromatic heterocycles. The van der Waals surface area contributed by atoms with Crippen molar-refractivity contribution in [3.8, 4) is 0 Å². The number of anilines is 2. The average Bonchev–Trinajstić information content (AvgIpc) is 2.69. The van der Waals surface area contributed by atoms with Gasteiger partial charge < -0.3 is 10.6 Å². The summed E-state index contributed by atoms with van der Waals surface area (Å²) in [7, 11) is 0. The number of likely N-dealkylation sites (tertiary alicyclic amines) is 1. The first-order valence-electron chi connectivity index (χ1n) is 9.82. The first-order chi connectivity index (χ1) is 12.7. The summed E-state index contributed by atoms with van der Waals surface area (Å²) in [6.45, 7) is 8.67. The fourth-order valence-electron chi connectivity index (χ4n) is 4.49. The fraction of sp³-hybridized carbons (Fsp3) is 0.391. The van der Waals surface area contributed by atoms with Gasteiger partial charge >= 0.3 is 0 Å². The first kappa shape index (κ1) is 17.2. The Kier molecular flexibility index (Phi) is 4.98. The number of piperidine rings is 1. The molecule has 4 rings (SSSR count). The van der Waals surface area contributed by atoms with Gasteiger partial charge in [-0.15, -0.1) is 0 Å². The molecule has 2 N–H and O–H groups in total. The Balaban J connectivity index is 1.38. The van der Waals surface area contributed by atoms with Gasteiger partial charge in [0.1, 0.15) is 0 Å². The Hall–Kier alpha value is -2.26. The third kappa shape index (κ3) is 3.49. The molecule has 2 heterocycles. The standard InChI is InChI=1S/C23H29N3/c1-18(26-14-6-10-21-9-5-11-22(24)23(21)26)17-25-15-12-20(13-16-25)19-7-3-2-4-8-19/h2-5,7-9,11,20H,1,6,10,12-17,24H2. The zero-order valence-corrected chi connectivity index (χ0v) is 15.5. The van der Waals surface area contributed by atoms with Gasteiger partial charge in [0, 0.05) is 18.8 Å². The van der Waals surface area contributed by atoms with E-state index in [0.29, 0.717) is 5.92 Å². The van der Waals surface area contributed by atoms with Gasteiger partial charge in [0.2, 0.25) is 0 Å². The van der Waals surface area contributed by atoms with Crippen LogP contribution in [0.4, 0.5) is 11.4 Å². The van der Waals surface area contributed by atoms with Crippen LogP contribution in [-0.4, -0.2) is 31.1 Å². The summed E-state index contributed by atoms with van der Waals surface area (Å²) >= 11 is 0. The minimum Gasteiger partial charge on any atom is -0.397 e. The van der Waals surface area contributed by atoms with Crippen LogP contribution in [0, 0.1) is 0 Å². The molecule has 0 saturated carbocycles. The number of hydrogen-bond donors (Lipinski definition) is 1. The van der Waals surface area contributed by atoms with Gasteiger partial charge in [-0.25, -0.2) is 0 Å². The second-order valence-corrected chi connectivity index (χ2v) is 7.64. The van der Waals surface area contributed by atoms with Crippen LogP contribution in [0.3, 0.4) is 0 Å². The van der Waals surface area contributed by atoms with Crippen molar-refractivity contribution in [1.29, 1.82) is 0 Å². The molecule has 1 fully saturated rings. The highest BCUT2D eigenvalue weighted by atomic mass is 15.2. The summed E-state index contributed by atoms with van der Waals surface area (Å²) < 4.78 is 0. The summed E-state index contributed by atoms with van der Waals surface area (Å²) in [5.74, 6) is 0.701. The van der Waals surface area contributed by atoms with Crippen LogP contribution >= 0.6 is 0 Å². The molecule has 26 heavy (non-hydrogen) atoms. The molecule has 0 amide bonds. The SMILES string of the molecule is C=C(CN1CCC(c2ccccc2)CC1)N1CCCc2cccc(N)c21. The van der Waals surface area contributed by atoms with E-state index in [1.165, 1.54) is 41.8 Å². The normalized spacial score (nSPS) is 18.5. The largest absolute Gasteiger partial charge is 0.397 e. The number of para-hydroxylation sites is 1. The van der Waals surface area contributed by atoms with Crippen molar-refractivity contribution in [2.24, 2.45) is 0 Å². The van der Waals surface area contributed by atoms with Gasteiger partial charge in [-0.3, -0.25) is 4.90 Å². The number of rotatable bonds is 4. The average molecular weight is 348 g/mol. The van der Waals surface area contributed by atoms with Gasteiger partial charge in [0.15, 0.2) is 0 Å². The van der Waals surface area contributed by atoms with Gasteiger partial charge in [-0.1, -0.05) is 49.0 Å². The molecule has 0 unspecified atom stereocenters. The Bertz CT molecular complexity index is 760. The van der Waals surface area contributed by atoms with E-state index in [9.17, 15) is 0 Å². The predicted molar refractivity (Wildman–Crippen MR) is 111 cm³/mol. The van der Waals surface area contributed by atoms with E-state index < -0.39 is 0 Å². The first-order valence-corrected chi connectivity index (χ1v) is 9.82. The molecule has 2 aromatic rings. The molecule has 3 nitrogen and oxygen atoms in total. The quantitative estimate of drug-likeness (QED) is 0.831. The van der Waals surface area contributed by atoms with E-state index in [1.54, 1.807) is 0 Å². The fourth-order valence-corrected chi connectivity index (χ4v) is 4.49. The Morgan fingerprint density at radius 3 is 2.54 bits per heavy atom. The number of nitrogens with zero attached hydrogens (tertiary/aromatic N) is 2. The highest BCUT2D eigenvalue weighted by molar-refractivity contribution is 5.74. The van der Waals surface area contributed by atoms with Crippen LogP contribution in [0.2, 0.25) is 0 Å². The zero-order chi connectivity index (χ0) is 17.9. The van der Waals surface area contributed by atoms with Crippen molar-refractivity contribution in [2.45, 2.75) is 31.6 Å². The van der Waals surface area contributed by atoms with E-state index in [0.717, 1.165) is 38.3 Å². The molecule has 0 aliphatic carbocycles. The molecule has 0 bridgehead atoms.